The van der Waals surface area contributed by atoms with Crippen LogP contribution in [0.2, 0.25) is 0 Å². The summed E-state index contributed by atoms with van der Waals surface area (Å²) in [6.07, 6.45) is 7.38. The summed E-state index contributed by atoms with van der Waals surface area (Å²) in [6, 6.07) is 7.96. The van der Waals surface area contributed by atoms with Crippen LogP contribution in [0.15, 0.2) is 30.3 Å². The Bertz CT molecular complexity index is 380. The number of ether oxygens (including phenoxy) is 2. The van der Waals surface area contributed by atoms with Crippen molar-refractivity contribution in [3.63, 3.8) is 0 Å². The lowest BCUT2D eigenvalue weighted by Gasteiger charge is -1.98. The Hall–Kier alpha value is -1.77. The first-order chi connectivity index (χ1) is 9.63. The van der Waals surface area contributed by atoms with E-state index in [1.165, 1.54) is 18.9 Å². The molecule has 0 saturated carbocycles. The molecular weight excluding hydrogens is 252 g/mol. The van der Waals surface area contributed by atoms with Crippen LogP contribution in [-0.2, 0) is 9.53 Å². The average Bonchev–Trinajstić information content (AvgIpc) is 2.45. The van der Waals surface area contributed by atoms with Crippen LogP contribution >= 0.6 is 0 Å². The zero-order valence-electron chi connectivity index (χ0n) is 13.0. The third-order valence-corrected chi connectivity index (χ3v) is 2.53. The first-order valence-electron chi connectivity index (χ1n) is 7.04. The SMILES string of the molecule is CC=Cc1ccc(OC)cc1.CCCCCOC(C)=O. The van der Waals surface area contributed by atoms with Crippen LogP contribution in [0.5, 0.6) is 5.75 Å². The van der Waals surface area contributed by atoms with Gasteiger partial charge in [-0.3, -0.25) is 4.79 Å². The Kier molecular flexibility index (Phi) is 11.2. The van der Waals surface area contributed by atoms with E-state index in [4.69, 9.17) is 9.47 Å². The monoisotopic (exact) mass is 278 g/mol. The number of unbranched alkanes of at least 4 members (excludes halogenated alkanes) is 2. The second kappa shape index (κ2) is 12.3. The fourth-order valence-corrected chi connectivity index (χ4v) is 1.48. The van der Waals surface area contributed by atoms with Gasteiger partial charge in [0.15, 0.2) is 0 Å². The van der Waals surface area contributed by atoms with E-state index >= 15 is 0 Å². The number of methoxy groups -OCH3 is 1. The maximum atomic E-state index is 10.2. The van der Waals surface area contributed by atoms with Crippen molar-refractivity contribution >= 4 is 12.0 Å². The number of allylic oxidation sites excluding steroid dienone is 1. The van der Waals surface area contributed by atoms with Crippen molar-refractivity contribution in [2.24, 2.45) is 0 Å². The number of esters is 1. The number of carbonyl (C=O) groups is 1. The molecule has 0 heterocycles. The summed E-state index contributed by atoms with van der Waals surface area (Å²) in [5, 5.41) is 0. The van der Waals surface area contributed by atoms with Gasteiger partial charge >= 0.3 is 5.97 Å². The molecule has 0 spiro atoms. The van der Waals surface area contributed by atoms with Crippen LogP contribution in [-0.4, -0.2) is 19.7 Å². The molecule has 3 nitrogen and oxygen atoms in total. The van der Waals surface area contributed by atoms with E-state index in [1.807, 2.05) is 37.3 Å². The van der Waals surface area contributed by atoms with Crippen molar-refractivity contribution in [3.8, 4) is 5.75 Å². The third-order valence-electron chi connectivity index (χ3n) is 2.53. The van der Waals surface area contributed by atoms with E-state index in [9.17, 15) is 4.79 Å². The van der Waals surface area contributed by atoms with E-state index in [0.29, 0.717) is 6.61 Å². The van der Waals surface area contributed by atoms with Crippen molar-refractivity contribution < 1.29 is 14.3 Å². The Morgan fingerprint density at radius 2 is 1.85 bits per heavy atom. The van der Waals surface area contributed by atoms with Crippen LogP contribution in [0.4, 0.5) is 0 Å². The number of carbonyl (C=O) groups excluding carboxylic acids is 1. The highest BCUT2D eigenvalue weighted by Gasteiger charge is 1.90. The molecule has 1 aromatic carbocycles. The van der Waals surface area contributed by atoms with Gasteiger partial charge < -0.3 is 9.47 Å². The molecule has 1 aromatic rings. The molecule has 0 atom stereocenters. The predicted octanol–water partition coefficient (Wildman–Crippen LogP) is 4.47. The lowest BCUT2D eigenvalue weighted by atomic mass is 10.2. The standard InChI is InChI=1S/C10H12O.C7H14O2/c1-3-4-9-5-7-10(11-2)8-6-9;1-3-4-5-6-9-7(2)8/h3-8H,1-2H3;3-6H2,1-2H3. The van der Waals surface area contributed by atoms with Crippen molar-refractivity contribution in [3.05, 3.63) is 35.9 Å². The highest BCUT2D eigenvalue weighted by Crippen LogP contribution is 2.11. The molecule has 0 bridgehead atoms. The second-order valence-electron chi connectivity index (χ2n) is 4.32. The first-order valence-corrected chi connectivity index (χ1v) is 7.04. The fourth-order valence-electron chi connectivity index (χ4n) is 1.48. The second-order valence-corrected chi connectivity index (χ2v) is 4.32. The third kappa shape index (κ3) is 10.2. The van der Waals surface area contributed by atoms with Gasteiger partial charge in [-0.05, 0) is 31.0 Å². The maximum absolute atomic E-state index is 10.2. The van der Waals surface area contributed by atoms with Crippen LogP contribution in [0, 0.1) is 0 Å². The fraction of sp³-hybridized carbons (Fsp3) is 0.471. The molecule has 0 aliphatic rings. The summed E-state index contributed by atoms with van der Waals surface area (Å²) < 4.78 is 9.73. The molecule has 0 radical (unpaired) electrons. The van der Waals surface area contributed by atoms with Crippen molar-refractivity contribution in [2.45, 2.75) is 40.0 Å². The van der Waals surface area contributed by atoms with E-state index < -0.39 is 0 Å². The van der Waals surface area contributed by atoms with Crippen molar-refractivity contribution in [1.29, 1.82) is 0 Å². The van der Waals surface area contributed by atoms with Gasteiger partial charge in [0.2, 0.25) is 0 Å². The minimum Gasteiger partial charge on any atom is -0.497 e. The summed E-state index contributed by atoms with van der Waals surface area (Å²) >= 11 is 0. The lowest BCUT2D eigenvalue weighted by Crippen LogP contribution is -1.99. The molecule has 0 unspecified atom stereocenters. The minimum absolute atomic E-state index is 0.175. The van der Waals surface area contributed by atoms with Gasteiger partial charge in [0.25, 0.3) is 0 Å². The number of rotatable bonds is 6. The molecule has 0 aliphatic carbocycles. The van der Waals surface area contributed by atoms with E-state index in [2.05, 4.69) is 13.0 Å². The summed E-state index contributed by atoms with van der Waals surface area (Å²) in [5.41, 5.74) is 1.20. The predicted molar refractivity (Wildman–Crippen MR) is 83.9 cm³/mol. The van der Waals surface area contributed by atoms with Crippen LogP contribution in [0.1, 0.15) is 45.6 Å². The molecule has 0 fully saturated rings. The van der Waals surface area contributed by atoms with E-state index in [0.717, 1.165) is 18.6 Å². The quantitative estimate of drug-likeness (QED) is 0.569. The van der Waals surface area contributed by atoms with Crippen molar-refractivity contribution in [1.82, 2.24) is 0 Å². The zero-order chi connectivity index (χ0) is 15.2. The molecule has 20 heavy (non-hydrogen) atoms. The summed E-state index contributed by atoms with van der Waals surface area (Å²) in [6.45, 7) is 6.15. The minimum atomic E-state index is -0.175. The summed E-state index contributed by atoms with van der Waals surface area (Å²) in [7, 11) is 1.67. The van der Waals surface area contributed by atoms with Crippen LogP contribution in [0.25, 0.3) is 6.08 Å². The Labute approximate surface area is 122 Å². The van der Waals surface area contributed by atoms with Gasteiger partial charge in [-0.15, -0.1) is 0 Å². The molecule has 112 valence electrons. The van der Waals surface area contributed by atoms with Gasteiger partial charge in [0.1, 0.15) is 5.75 Å². The molecule has 0 aliphatic heterocycles. The first kappa shape index (κ1) is 18.2. The smallest absolute Gasteiger partial charge is 0.302 e. The molecule has 0 amide bonds. The Morgan fingerprint density at radius 1 is 1.20 bits per heavy atom. The molecule has 3 heteroatoms. The molecule has 0 N–H and O–H groups in total. The van der Waals surface area contributed by atoms with E-state index in [-0.39, 0.29) is 5.97 Å². The highest BCUT2D eigenvalue weighted by molar-refractivity contribution is 5.65. The Morgan fingerprint density at radius 3 is 2.30 bits per heavy atom. The molecule has 1 rings (SSSR count). The van der Waals surface area contributed by atoms with Gasteiger partial charge in [0, 0.05) is 6.92 Å². The number of hydrogen-bond donors (Lipinski definition) is 0. The average molecular weight is 278 g/mol. The molecule has 0 saturated heterocycles. The van der Waals surface area contributed by atoms with Crippen LogP contribution in [0.3, 0.4) is 0 Å². The Balaban J connectivity index is 0.000000370. The van der Waals surface area contributed by atoms with Crippen LogP contribution < -0.4 is 4.74 Å². The summed E-state index contributed by atoms with van der Waals surface area (Å²) in [4.78, 5) is 10.2. The zero-order valence-corrected chi connectivity index (χ0v) is 13.0. The van der Waals surface area contributed by atoms with Gasteiger partial charge in [-0.2, -0.15) is 0 Å². The van der Waals surface area contributed by atoms with E-state index in [1.54, 1.807) is 7.11 Å². The maximum Gasteiger partial charge on any atom is 0.302 e. The molecule has 0 aromatic heterocycles. The number of benzene rings is 1. The normalized spacial score (nSPS) is 9.80. The summed E-state index contributed by atoms with van der Waals surface area (Å²) in [5.74, 6) is 0.726. The molecular formula is C17H26O3. The largest absolute Gasteiger partial charge is 0.497 e. The highest BCUT2D eigenvalue weighted by atomic mass is 16.5. The number of hydrogen-bond acceptors (Lipinski definition) is 3. The lowest BCUT2D eigenvalue weighted by molar-refractivity contribution is -0.141. The van der Waals surface area contributed by atoms with Gasteiger partial charge in [-0.1, -0.05) is 44.1 Å². The van der Waals surface area contributed by atoms with Gasteiger partial charge in [0.05, 0.1) is 13.7 Å². The topological polar surface area (TPSA) is 35.5 Å². The van der Waals surface area contributed by atoms with Gasteiger partial charge in [-0.25, -0.2) is 0 Å². The van der Waals surface area contributed by atoms with Crippen molar-refractivity contribution in [2.75, 3.05) is 13.7 Å².